The van der Waals surface area contributed by atoms with Crippen LogP contribution in [-0.4, -0.2) is 83.9 Å². The number of H-pyrrole nitrogens is 1. The molecule has 1 aliphatic rings. The molecule has 1 aliphatic heterocycles. The van der Waals surface area contributed by atoms with E-state index in [1.165, 1.54) is 19.4 Å². The summed E-state index contributed by atoms with van der Waals surface area (Å²) in [6.45, 7) is 16.1. The van der Waals surface area contributed by atoms with Gasteiger partial charge < -0.3 is 28.0 Å². The van der Waals surface area contributed by atoms with Gasteiger partial charge in [0.25, 0.3) is 14.1 Å². The Balaban J connectivity index is 2.59. The Morgan fingerprint density at radius 2 is 1.59 bits per heavy atom. The van der Waals surface area contributed by atoms with Crippen LogP contribution in [0.4, 0.5) is 0 Å². The lowest BCUT2D eigenvalue weighted by atomic mass is 9.98. The number of aromatic nitrogens is 2. The number of hydrogen-bond acceptors (Lipinski definition) is 15. The Labute approximate surface area is 300 Å². The number of aromatic amines is 1. The lowest BCUT2D eigenvalue weighted by Crippen LogP contribution is -2.41. The van der Waals surface area contributed by atoms with E-state index in [0.29, 0.717) is 0 Å². The van der Waals surface area contributed by atoms with Crippen LogP contribution in [0.2, 0.25) is 0 Å². The van der Waals surface area contributed by atoms with Crippen LogP contribution in [0.1, 0.15) is 81.9 Å². The fourth-order valence-electron chi connectivity index (χ4n) is 4.49. The van der Waals surface area contributed by atoms with E-state index in [1.807, 2.05) is 38.4 Å². The first-order valence-electron chi connectivity index (χ1n) is 16.3. The average Bonchev–Trinajstić information content (AvgIpc) is 3.35. The quantitative estimate of drug-likeness (QED) is 0.0909. The highest BCUT2D eigenvalue weighted by molar-refractivity contribution is 7.57. The lowest BCUT2D eigenvalue weighted by Gasteiger charge is -2.38. The van der Waals surface area contributed by atoms with Crippen LogP contribution in [0.5, 0.6) is 0 Å². The van der Waals surface area contributed by atoms with Gasteiger partial charge >= 0.3 is 25.2 Å². The highest BCUT2D eigenvalue weighted by Gasteiger charge is 2.49. The Morgan fingerprint density at radius 1 is 1.04 bits per heavy atom. The molecule has 0 spiro atoms. The number of nitrogens with zero attached hydrogens (tertiary/aromatic N) is 3. The van der Waals surface area contributed by atoms with Crippen molar-refractivity contribution in [3.8, 4) is 6.07 Å². The first kappa shape index (κ1) is 44.4. The molecule has 0 amide bonds. The molecule has 0 aliphatic carbocycles. The fraction of sp³-hybridized carbons (Fsp3) is 0.719. The zero-order valence-corrected chi connectivity index (χ0v) is 32.9. The molecule has 0 bridgehead atoms. The Kier molecular flexibility index (Phi) is 16.8. The van der Waals surface area contributed by atoms with Gasteiger partial charge in [-0.25, -0.2) is 9.46 Å². The summed E-state index contributed by atoms with van der Waals surface area (Å²) in [5.74, 6) is -0.228. The summed E-state index contributed by atoms with van der Waals surface area (Å²) in [4.78, 5) is 51.6. The number of methoxy groups -OCH3 is 1. The lowest BCUT2D eigenvalue weighted by molar-refractivity contribution is -0.161. The van der Waals surface area contributed by atoms with Gasteiger partial charge in [0, 0.05) is 37.3 Å². The highest BCUT2D eigenvalue weighted by atomic mass is 31.2. The molecule has 1 N–H and O–H groups in total. The van der Waals surface area contributed by atoms with Gasteiger partial charge in [0.15, 0.2) is 6.23 Å². The summed E-state index contributed by atoms with van der Waals surface area (Å²) < 4.78 is 63.0. The molecule has 5 atom stereocenters. The molecule has 1 unspecified atom stereocenters. The molecule has 51 heavy (non-hydrogen) atoms. The Hall–Kier alpha value is -2.77. The number of carbonyl (C=O) groups is 2. The number of carbonyl (C=O) groups excluding carboxylic acids is 2. The largest absolute Gasteiger partial charge is 0.438 e. The second-order valence-electron chi connectivity index (χ2n) is 14.1. The van der Waals surface area contributed by atoms with Crippen LogP contribution in [0.25, 0.3) is 0 Å². The van der Waals surface area contributed by atoms with E-state index in [-0.39, 0.29) is 25.1 Å². The highest BCUT2D eigenvalue weighted by Crippen LogP contribution is 2.53. The van der Waals surface area contributed by atoms with Crippen molar-refractivity contribution in [3.05, 3.63) is 45.0 Å². The van der Waals surface area contributed by atoms with Crippen molar-refractivity contribution in [1.82, 2.24) is 14.2 Å². The third-order valence-electron chi connectivity index (χ3n) is 7.03. The third-order valence-corrected chi connectivity index (χ3v) is 10.6. The predicted molar refractivity (Wildman–Crippen MR) is 186 cm³/mol. The van der Waals surface area contributed by atoms with Crippen molar-refractivity contribution in [2.75, 3.05) is 27.3 Å². The summed E-state index contributed by atoms with van der Waals surface area (Å²) in [5, 5.41) is 9.17. The normalized spacial score (nSPS) is 20.6. The van der Waals surface area contributed by atoms with E-state index >= 15 is 0 Å². The molecule has 19 heteroatoms. The zero-order chi connectivity index (χ0) is 38.7. The number of nitrogens with one attached hydrogen (secondary N) is 1. The van der Waals surface area contributed by atoms with Crippen LogP contribution < -0.4 is 11.2 Å². The van der Waals surface area contributed by atoms with Gasteiger partial charge in [0.1, 0.15) is 18.3 Å². The molecule has 0 aromatic carbocycles. The molecule has 2 rings (SSSR count). The molecule has 0 saturated carbocycles. The van der Waals surface area contributed by atoms with Gasteiger partial charge in [-0.3, -0.25) is 37.5 Å². The molecule has 1 fully saturated rings. The minimum absolute atomic E-state index is 0.0597. The maximum Gasteiger partial charge on any atom is 0.359 e. The maximum atomic E-state index is 14.0. The van der Waals surface area contributed by atoms with Crippen molar-refractivity contribution in [3.63, 3.8) is 0 Å². The van der Waals surface area contributed by atoms with Crippen LogP contribution in [-0.2, 0) is 51.2 Å². The van der Waals surface area contributed by atoms with Crippen molar-refractivity contribution in [2.45, 2.75) is 112 Å². The third kappa shape index (κ3) is 13.3. The van der Waals surface area contributed by atoms with E-state index in [1.54, 1.807) is 41.5 Å². The van der Waals surface area contributed by atoms with Gasteiger partial charge in [-0.1, -0.05) is 0 Å². The molecule has 1 aromatic heterocycles. The van der Waals surface area contributed by atoms with Crippen LogP contribution in [0.15, 0.2) is 33.7 Å². The van der Waals surface area contributed by atoms with E-state index in [9.17, 15) is 23.7 Å². The maximum absolute atomic E-state index is 14.0. The van der Waals surface area contributed by atoms with Crippen LogP contribution >= 0.6 is 16.1 Å². The zero-order valence-electron chi connectivity index (χ0n) is 31.1. The van der Waals surface area contributed by atoms with Crippen molar-refractivity contribution in [1.29, 1.82) is 5.26 Å². The number of rotatable bonds is 18. The number of nitriles is 1. The Morgan fingerprint density at radius 3 is 2.04 bits per heavy atom. The number of esters is 2. The molecule has 2 heterocycles. The fourth-order valence-corrected chi connectivity index (χ4v) is 7.27. The SMILES string of the molecule is CO[C@@H]1[C@H](OP(OCCC#N)N(C(C)C)C(C)C)[C@@H](/C=C/P(=O)(OCOC(=O)C(C)(C)C)OCOC(=O)C(C)(C)C)O[C@H]1n1ccc(=O)[nH]c1=O. The molecular formula is C32H52N4O13P2. The van der Waals surface area contributed by atoms with Crippen molar-refractivity contribution in [2.24, 2.45) is 10.8 Å². The van der Waals surface area contributed by atoms with Crippen LogP contribution in [0, 0.1) is 22.2 Å². The van der Waals surface area contributed by atoms with Gasteiger partial charge in [0.2, 0.25) is 13.6 Å². The topological polar surface area (TPSA) is 207 Å². The van der Waals surface area contributed by atoms with Gasteiger partial charge in [-0.05, 0) is 75.3 Å². The smallest absolute Gasteiger partial charge is 0.359 e. The standard InChI is InChI=1S/C32H52N4O13P2/c1-21(2)36(22(3)4)50(45-17-12-15-33)49-25-23(48-27(26(25)42-11)35-16-13-24(37)34-30(35)40)14-18-51(41,46-19-43-28(38)31(5,6)7)47-20-44-29(39)32(8,9)10/h13-14,16,18,21-23,25-27H,12,17,19-20H2,1-11H3,(H,34,37,40)/b18-14+/t23-,25-,26-,27-,50?/m1/s1. The number of hydrogen-bond donors (Lipinski definition) is 1. The van der Waals surface area contributed by atoms with Crippen LogP contribution in [0.3, 0.4) is 0 Å². The first-order chi connectivity index (χ1) is 23.6. The second kappa shape index (κ2) is 19.3. The summed E-state index contributed by atoms with van der Waals surface area (Å²) >= 11 is 0. The molecule has 17 nitrogen and oxygen atoms in total. The predicted octanol–water partition coefficient (Wildman–Crippen LogP) is 4.94. The van der Waals surface area contributed by atoms with Gasteiger partial charge in [-0.2, -0.15) is 5.26 Å². The molecule has 1 aromatic rings. The summed E-state index contributed by atoms with van der Waals surface area (Å²) in [6.07, 6.45) is -1.70. The van der Waals surface area contributed by atoms with E-state index < -0.39 is 88.3 Å². The van der Waals surface area contributed by atoms with Crippen molar-refractivity contribution < 1.29 is 51.2 Å². The monoisotopic (exact) mass is 762 g/mol. The summed E-state index contributed by atoms with van der Waals surface area (Å²) in [5.41, 5.74) is -3.17. The first-order valence-corrected chi connectivity index (χ1v) is 19.1. The summed E-state index contributed by atoms with van der Waals surface area (Å²) in [7, 11) is -4.86. The van der Waals surface area contributed by atoms with E-state index in [0.717, 1.165) is 16.5 Å². The second-order valence-corrected chi connectivity index (χ2v) is 17.4. The van der Waals surface area contributed by atoms with E-state index in [4.69, 9.17) is 42.3 Å². The average molecular weight is 763 g/mol. The van der Waals surface area contributed by atoms with Crippen molar-refractivity contribution >= 4 is 28.1 Å². The van der Waals surface area contributed by atoms with E-state index in [2.05, 4.69) is 4.98 Å². The Bertz CT molecular complexity index is 1500. The molecular weight excluding hydrogens is 710 g/mol. The minimum atomic E-state index is -4.36. The molecule has 0 radical (unpaired) electrons. The van der Waals surface area contributed by atoms with Gasteiger partial charge in [-0.15, -0.1) is 0 Å². The molecule has 1 saturated heterocycles. The van der Waals surface area contributed by atoms with Gasteiger partial charge in [0.05, 0.1) is 29.9 Å². The molecule has 288 valence electrons. The minimum Gasteiger partial charge on any atom is -0.438 e. The summed E-state index contributed by atoms with van der Waals surface area (Å²) in [6, 6.07) is 3.05. The number of ether oxygens (including phenoxy) is 4.